The summed E-state index contributed by atoms with van der Waals surface area (Å²) in [5.41, 5.74) is 1.36. The van der Waals surface area contributed by atoms with Crippen molar-refractivity contribution in [2.45, 2.75) is 46.0 Å². The van der Waals surface area contributed by atoms with Crippen molar-refractivity contribution in [3.63, 3.8) is 0 Å². The largest absolute Gasteiger partial charge is 0.319 e. The van der Waals surface area contributed by atoms with Crippen molar-refractivity contribution in [3.8, 4) is 0 Å². The topological polar surface area (TPSA) is 12.0 Å². The van der Waals surface area contributed by atoms with Crippen molar-refractivity contribution in [2.24, 2.45) is 17.8 Å². The minimum atomic E-state index is 0.883. The van der Waals surface area contributed by atoms with Gasteiger partial charge in [0.2, 0.25) is 0 Å². The van der Waals surface area contributed by atoms with Crippen LogP contribution in [-0.4, -0.2) is 13.6 Å². The van der Waals surface area contributed by atoms with E-state index in [1.165, 1.54) is 44.2 Å². The molecule has 0 saturated heterocycles. The summed E-state index contributed by atoms with van der Waals surface area (Å²) in [5.74, 6) is 2.74. The zero-order valence-electron chi connectivity index (χ0n) is 10.7. The highest BCUT2D eigenvalue weighted by molar-refractivity contribution is 4.94. The van der Waals surface area contributed by atoms with Gasteiger partial charge in [0, 0.05) is 0 Å². The minimum Gasteiger partial charge on any atom is -0.319 e. The Morgan fingerprint density at radius 1 is 1.33 bits per heavy atom. The number of nitrogens with one attached hydrogen (secondary N) is 1. The Labute approximate surface area is 95.3 Å². The Kier molecular flexibility index (Phi) is 5.38. The Bertz CT molecular complexity index is 198. The van der Waals surface area contributed by atoms with E-state index in [-0.39, 0.29) is 0 Å². The zero-order valence-corrected chi connectivity index (χ0v) is 10.7. The van der Waals surface area contributed by atoms with Gasteiger partial charge in [-0.2, -0.15) is 0 Å². The maximum absolute atomic E-state index is 4.07. The van der Waals surface area contributed by atoms with E-state index in [1.54, 1.807) is 0 Å². The highest BCUT2D eigenvalue weighted by atomic mass is 14.8. The van der Waals surface area contributed by atoms with E-state index in [9.17, 15) is 0 Å². The molecule has 1 heteroatoms. The predicted molar refractivity (Wildman–Crippen MR) is 68.0 cm³/mol. The fourth-order valence-electron chi connectivity index (χ4n) is 3.02. The standard InChI is InChI=1S/C14H27N/c1-5-12-6-7-13(10-15-4)14(9-12)8-11(2)3/h12-15H,2,5-10H2,1,3-4H3. The van der Waals surface area contributed by atoms with Crippen LogP contribution in [0, 0.1) is 17.8 Å². The van der Waals surface area contributed by atoms with E-state index >= 15 is 0 Å². The minimum absolute atomic E-state index is 0.883. The summed E-state index contributed by atoms with van der Waals surface area (Å²) in [7, 11) is 2.07. The Morgan fingerprint density at radius 2 is 2.07 bits per heavy atom. The third-order valence-electron chi connectivity index (χ3n) is 3.90. The lowest BCUT2D eigenvalue weighted by atomic mass is 9.71. The van der Waals surface area contributed by atoms with E-state index in [2.05, 4.69) is 32.8 Å². The lowest BCUT2D eigenvalue weighted by Gasteiger charge is -2.36. The molecule has 1 nitrogen and oxygen atoms in total. The second-order valence-electron chi connectivity index (χ2n) is 5.33. The Morgan fingerprint density at radius 3 is 2.60 bits per heavy atom. The molecule has 0 heterocycles. The highest BCUT2D eigenvalue weighted by Crippen LogP contribution is 2.38. The van der Waals surface area contributed by atoms with E-state index in [0.29, 0.717) is 0 Å². The number of hydrogen-bond acceptors (Lipinski definition) is 1. The van der Waals surface area contributed by atoms with E-state index < -0.39 is 0 Å². The first kappa shape index (κ1) is 12.8. The number of hydrogen-bond donors (Lipinski definition) is 1. The van der Waals surface area contributed by atoms with Crippen LogP contribution in [0.2, 0.25) is 0 Å². The molecule has 0 aliphatic heterocycles. The fourth-order valence-corrected chi connectivity index (χ4v) is 3.02. The van der Waals surface area contributed by atoms with Crippen LogP contribution in [0.3, 0.4) is 0 Å². The molecule has 0 aromatic rings. The van der Waals surface area contributed by atoms with Gasteiger partial charge in [0.1, 0.15) is 0 Å². The summed E-state index contributed by atoms with van der Waals surface area (Å²) in [6.07, 6.45) is 6.88. The van der Waals surface area contributed by atoms with Crippen LogP contribution in [-0.2, 0) is 0 Å². The molecular weight excluding hydrogens is 182 g/mol. The molecule has 1 fully saturated rings. The third-order valence-corrected chi connectivity index (χ3v) is 3.90. The Balaban J connectivity index is 2.51. The summed E-state index contributed by atoms with van der Waals surface area (Å²) in [6.45, 7) is 9.77. The third kappa shape index (κ3) is 3.98. The van der Waals surface area contributed by atoms with Crippen molar-refractivity contribution in [3.05, 3.63) is 12.2 Å². The van der Waals surface area contributed by atoms with Gasteiger partial charge in [-0.25, -0.2) is 0 Å². The van der Waals surface area contributed by atoms with Gasteiger partial charge >= 0.3 is 0 Å². The van der Waals surface area contributed by atoms with Crippen LogP contribution >= 0.6 is 0 Å². The second-order valence-corrected chi connectivity index (χ2v) is 5.33. The van der Waals surface area contributed by atoms with Gasteiger partial charge < -0.3 is 5.32 Å². The van der Waals surface area contributed by atoms with Gasteiger partial charge in [0.15, 0.2) is 0 Å². The van der Waals surface area contributed by atoms with E-state index in [0.717, 1.165) is 17.8 Å². The van der Waals surface area contributed by atoms with Crippen molar-refractivity contribution in [1.29, 1.82) is 0 Å². The van der Waals surface area contributed by atoms with Crippen molar-refractivity contribution >= 4 is 0 Å². The highest BCUT2D eigenvalue weighted by Gasteiger charge is 2.28. The molecule has 0 bridgehead atoms. The molecule has 0 radical (unpaired) electrons. The fraction of sp³-hybridized carbons (Fsp3) is 0.857. The molecule has 1 aliphatic rings. The summed E-state index contributed by atoms with van der Waals surface area (Å²) >= 11 is 0. The van der Waals surface area contributed by atoms with Gasteiger partial charge in [-0.15, -0.1) is 6.58 Å². The molecule has 0 spiro atoms. The molecule has 3 unspecified atom stereocenters. The second kappa shape index (κ2) is 6.32. The zero-order chi connectivity index (χ0) is 11.3. The van der Waals surface area contributed by atoms with Crippen molar-refractivity contribution < 1.29 is 0 Å². The molecule has 0 aromatic heterocycles. The van der Waals surface area contributed by atoms with Crippen LogP contribution in [0.1, 0.15) is 46.0 Å². The molecule has 0 aromatic carbocycles. The average molecular weight is 209 g/mol. The molecule has 1 aliphatic carbocycles. The van der Waals surface area contributed by atoms with Gasteiger partial charge in [-0.1, -0.05) is 25.3 Å². The Hall–Kier alpha value is -0.300. The summed E-state index contributed by atoms with van der Waals surface area (Å²) in [5, 5.41) is 3.34. The van der Waals surface area contributed by atoms with Crippen LogP contribution in [0.25, 0.3) is 0 Å². The van der Waals surface area contributed by atoms with Gasteiger partial charge in [-0.05, 0) is 57.5 Å². The lowest BCUT2D eigenvalue weighted by molar-refractivity contribution is 0.173. The summed E-state index contributed by atoms with van der Waals surface area (Å²) in [4.78, 5) is 0. The van der Waals surface area contributed by atoms with Gasteiger partial charge in [-0.3, -0.25) is 0 Å². The lowest BCUT2D eigenvalue weighted by Crippen LogP contribution is -2.31. The summed E-state index contributed by atoms with van der Waals surface area (Å²) < 4.78 is 0. The maximum Gasteiger partial charge on any atom is -0.00208 e. The van der Waals surface area contributed by atoms with Gasteiger partial charge in [0.25, 0.3) is 0 Å². The summed E-state index contributed by atoms with van der Waals surface area (Å²) in [6, 6.07) is 0. The van der Waals surface area contributed by atoms with Crippen molar-refractivity contribution in [1.82, 2.24) is 5.32 Å². The first-order valence-corrected chi connectivity index (χ1v) is 6.46. The molecule has 88 valence electrons. The van der Waals surface area contributed by atoms with Crippen LogP contribution in [0.4, 0.5) is 0 Å². The molecule has 1 rings (SSSR count). The first-order valence-electron chi connectivity index (χ1n) is 6.46. The van der Waals surface area contributed by atoms with Crippen LogP contribution < -0.4 is 5.32 Å². The van der Waals surface area contributed by atoms with E-state index in [4.69, 9.17) is 0 Å². The smallest absolute Gasteiger partial charge is 0.00208 e. The first-order chi connectivity index (χ1) is 7.17. The molecule has 1 N–H and O–H groups in total. The predicted octanol–water partition coefficient (Wildman–Crippen LogP) is 3.61. The normalized spacial score (nSPS) is 31.5. The number of rotatable bonds is 5. The number of allylic oxidation sites excluding steroid dienone is 1. The van der Waals surface area contributed by atoms with Crippen LogP contribution in [0.5, 0.6) is 0 Å². The van der Waals surface area contributed by atoms with Crippen LogP contribution in [0.15, 0.2) is 12.2 Å². The van der Waals surface area contributed by atoms with E-state index in [1.807, 2.05) is 0 Å². The monoisotopic (exact) mass is 209 g/mol. The molecule has 1 saturated carbocycles. The molecule has 15 heavy (non-hydrogen) atoms. The molecular formula is C14H27N. The SMILES string of the molecule is C=C(C)CC1CC(CC)CCC1CNC. The molecule has 3 atom stereocenters. The average Bonchev–Trinajstić information content (AvgIpc) is 2.20. The van der Waals surface area contributed by atoms with Gasteiger partial charge in [0.05, 0.1) is 0 Å². The molecule has 0 amide bonds. The van der Waals surface area contributed by atoms with Crippen molar-refractivity contribution in [2.75, 3.05) is 13.6 Å². The quantitative estimate of drug-likeness (QED) is 0.682. The maximum atomic E-state index is 4.07.